The second-order valence-electron chi connectivity index (χ2n) is 8.84. The number of amides is 1. The summed E-state index contributed by atoms with van der Waals surface area (Å²) in [6.45, 7) is 4.54. The zero-order valence-electron chi connectivity index (χ0n) is 19.2. The van der Waals surface area contributed by atoms with Gasteiger partial charge < -0.3 is 4.90 Å². The molecule has 2 aromatic rings. The molecule has 2 aromatic carbocycles. The smallest absolute Gasteiger partial charge is 0.236 e. The van der Waals surface area contributed by atoms with Gasteiger partial charge in [0.2, 0.25) is 15.9 Å². The van der Waals surface area contributed by atoms with Crippen LogP contribution in [0.2, 0.25) is 0 Å². The van der Waals surface area contributed by atoms with Crippen LogP contribution in [0.4, 0.5) is 0 Å². The number of carbonyl (C=O) groups is 1. The standard InChI is InChI=1S/C26H30N4O3S/c27-20-23-6-8-24(9-7-23)21-28-15-17-29(18-16-28)26(31)25-10-13-30(14-11-25)34(32,33)19-12-22-4-2-1-3-5-22/h1-9,12,19,25H,10-11,13-18,21H2/b19-12+. The molecule has 0 atom stereocenters. The first-order valence-corrected chi connectivity index (χ1v) is 13.2. The Morgan fingerprint density at radius 3 is 2.21 bits per heavy atom. The molecule has 2 aliphatic heterocycles. The normalized spacial score (nSPS) is 18.7. The fourth-order valence-corrected chi connectivity index (χ4v) is 5.72. The molecular formula is C26H30N4O3S. The van der Waals surface area contributed by atoms with Gasteiger partial charge in [0.15, 0.2) is 0 Å². The molecule has 34 heavy (non-hydrogen) atoms. The molecule has 0 unspecified atom stereocenters. The van der Waals surface area contributed by atoms with Gasteiger partial charge in [-0.15, -0.1) is 0 Å². The Morgan fingerprint density at radius 1 is 0.941 bits per heavy atom. The Labute approximate surface area is 201 Å². The van der Waals surface area contributed by atoms with Crippen molar-refractivity contribution in [1.82, 2.24) is 14.1 Å². The second-order valence-corrected chi connectivity index (χ2v) is 10.7. The third kappa shape index (κ3) is 6.11. The average Bonchev–Trinajstić information content (AvgIpc) is 2.89. The van der Waals surface area contributed by atoms with Gasteiger partial charge in [-0.3, -0.25) is 9.69 Å². The molecule has 8 heteroatoms. The number of piperidine rings is 1. The van der Waals surface area contributed by atoms with Crippen LogP contribution < -0.4 is 0 Å². The number of benzene rings is 2. The van der Waals surface area contributed by atoms with Gasteiger partial charge in [0, 0.05) is 57.1 Å². The highest BCUT2D eigenvalue weighted by atomic mass is 32.2. The molecular weight excluding hydrogens is 448 g/mol. The van der Waals surface area contributed by atoms with Crippen LogP contribution in [-0.2, 0) is 21.4 Å². The summed E-state index contributed by atoms with van der Waals surface area (Å²) >= 11 is 0. The van der Waals surface area contributed by atoms with E-state index in [4.69, 9.17) is 5.26 Å². The van der Waals surface area contributed by atoms with Crippen LogP contribution in [0, 0.1) is 17.2 Å². The molecule has 0 bridgehead atoms. The minimum atomic E-state index is -3.49. The summed E-state index contributed by atoms with van der Waals surface area (Å²) in [6, 6.07) is 19.1. The topological polar surface area (TPSA) is 84.7 Å². The van der Waals surface area contributed by atoms with E-state index in [2.05, 4.69) is 11.0 Å². The van der Waals surface area contributed by atoms with E-state index in [-0.39, 0.29) is 11.8 Å². The fraction of sp³-hybridized carbons (Fsp3) is 0.385. The van der Waals surface area contributed by atoms with Gasteiger partial charge in [-0.05, 0) is 42.2 Å². The van der Waals surface area contributed by atoms with Crippen molar-refractivity contribution < 1.29 is 13.2 Å². The third-order valence-corrected chi connectivity index (χ3v) is 8.13. The highest BCUT2D eigenvalue weighted by Gasteiger charge is 2.33. The van der Waals surface area contributed by atoms with Crippen LogP contribution in [-0.4, -0.2) is 67.7 Å². The number of carbonyl (C=O) groups excluding carboxylic acids is 1. The van der Waals surface area contributed by atoms with Gasteiger partial charge in [0.25, 0.3) is 0 Å². The fourth-order valence-electron chi connectivity index (χ4n) is 4.50. The first-order valence-electron chi connectivity index (χ1n) is 11.7. The van der Waals surface area contributed by atoms with Crippen molar-refractivity contribution in [3.05, 3.63) is 76.7 Å². The van der Waals surface area contributed by atoms with E-state index in [1.165, 1.54) is 9.71 Å². The number of sulfonamides is 1. The van der Waals surface area contributed by atoms with Crippen molar-refractivity contribution in [2.75, 3.05) is 39.3 Å². The number of hydrogen-bond acceptors (Lipinski definition) is 5. The van der Waals surface area contributed by atoms with E-state index in [0.29, 0.717) is 44.6 Å². The highest BCUT2D eigenvalue weighted by molar-refractivity contribution is 7.92. The summed E-state index contributed by atoms with van der Waals surface area (Å²) in [5, 5.41) is 10.2. The lowest BCUT2D eigenvalue weighted by molar-refractivity contribution is -0.138. The maximum atomic E-state index is 13.1. The maximum Gasteiger partial charge on any atom is 0.236 e. The summed E-state index contributed by atoms with van der Waals surface area (Å²) < 4.78 is 26.8. The van der Waals surface area contributed by atoms with Crippen LogP contribution in [0.1, 0.15) is 29.5 Å². The predicted octanol–water partition coefficient (Wildman–Crippen LogP) is 2.92. The van der Waals surface area contributed by atoms with Crippen LogP contribution >= 0.6 is 0 Å². The molecule has 2 aliphatic rings. The molecule has 2 saturated heterocycles. The maximum absolute atomic E-state index is 13.1. The van der Waals surface area contributed by atoms with E-state index in [1.54, 1.807) is 6.08 Å². The summed E-state index contributed by atoms with van der Waals surface area (Å²) in [6.07, 6.45) is 2.73. The molecule has 2 heterocycles. The Morgan fingerprint density at radius 2 is 1.59 bits per heavy atom. The lowest BCUT2D eigenvalue weighted by atomic mass is 9.96. The monoisotopic (exact) mass is 478 g/mol. The first kappa shape index (κ1) is 24.1. The van der Waals surface area contributed by atoms with Gasteiger partial charge in [0.1, 0.15) is 0 Å². The van der Waals surface area contributed by atoms with Crippen molar-refractivity contribution in [3.63, 3.8) is 0 Å². The molecule has 0 N–H and O–H groups in total. The number of rotatable bonds is 6. The molecule has 1 amide bonds. The van der Waals surface area contributed by atoms with Crippen molar-refractivity contribution in [2.45, 2.75) is 19.4 Å². The molecule has 0 spiro atoms. The van der Waals surface area contributed by atoms with Gasteiger partial charge in [0.05, 0.1) is 11.6 Å². The molecule has 0 aromatic heterocycles. The Balaban J connectivity index is 1.23. The molecule has 0 radical (unpaired) electrons. The van der Waals surface area contributed by atoms with Gasteiger partial charge in [-0.25, -0.2) is 8.42 Å². The lowest BCUT2D eigenvalue weighted by Crippen LogP contribution is -2.51. The van der Waals surface area contributed by atoms with Gasteiger partial charge in [-0.1, -0.05) is 42.5 Å². The largest absolute Gasteiger partial charge is 0.340 e. The predicted molar refractivity (Wildman–Crippen MR) is 132 cm³/mol. The van der Waals surface area contributed by atoms with Crippen LogP contribution in [0.3, 0.4) is 0 Å². The summed E-state index contributed by atoms with van der Waals surface area (Å²) in [5.74, 6) is 0.0320. The first-order chi connectivity index (χ1) is 16.4. The third-order valence-electron chi connectivity index (χ3n) is 6.57. The Kier molecular flexibility index (Phi) is 7.78. The number of hydrogen-bond donors (Lipinski definition) is 0. The van der Waals surface area contributed by atoms with E-state index in [9.17, 15) is 13.2 Å². The molecule has 4 rings (SSSR count). The van der Waals surface area contributed by atoms with E-state index < -0.39 is 10.0 Å². The SMILES string of the molecule is N#Cc1ccc(CN2CCN(C(=O)C3CCN(S(=O)(=O)/C=C/c4ccccc4)CC3)CC2)cc1. The second kappa shape index (κ2) is 11.0. The van der Waals surface area contributed by atoms with E-state index in [0.717, 1.165) is 30.8 Å². The van der Waals surface area contributed by atoms with Gasteiger partial charge >= 0.3 is 0 Å². The zero-order valence-corrected chi connectivity index (χ0v) is 20.0. The summed E-state index contributed by atoms with van der Waals surface area (Å²) in [7, 11) is -3.49. The molecule has 0 saturated carbocycles. The van der Waals surface area contributed by atoms with Crippen molar-refractivity contribution >= 4 is 22.0 Å². The Hall–Kier alpha value is -2.99. The Bertz CT molecular complexity index is 1140. The van der Waals surface area contributed by atoms with Crippen LogP contribution in [0.15, 0.2) is 60.0 Å². The van der Waals surface area contributed by atoms with Gasteiger partial charge in [-0.2, -0.15) is 9.57 Å². The quantitative estimate of drug-likeness (QED) is 0.637. The van der Waals surface area contributed by atoms with E-state index >= 15 is 0 Å². The molecule has 0 aliphatic carbocycles. The van der Waals surface area contributed by atoms with Crippen LogP contribution in [0.25, 0.3) is 6.08 Å². The number of piperazine rings is 1. The zero-order chi connectivity index (χ0) is 24.0. The minimum absolute atomic E-state index is 0.116. The van der Waals surface area contributed by atoms with Crippen LogP contribution in [0.5, 0.6) is 0 Å². The molecule has 178 valence electrons. The van der Waals surface area contributed by atoms with Crippen molar-refractivity contribution in [3.8, 4) is 6.07 Å². The van der Waals surface area contributed by atoms with Crippen molar-refractivity contribution in [2.24, 2.45) is 5.92 Å². The van der Waals surface area contributed by atoms with Crippen molar-refractivity contribution in [1.29, 1.82) is 5.26 Å². The molecule has 7 nitrogen and oxygen atoms in total. The van der Waals surface area contributed by atoms with E-state index in [1.807, 2.05) is 59.5 Å². The minimum Gasteiger partial charge on any atom is -0.340 e. The lowest BCUT2D eigenvalue weighted by Gasteiger charge is -2.38. The average molecular weight is 479 g/mol. The summed E-state index contributed by atoms with van der Waals surface area (Å²) in [5.41, 5.74) is 2.66. The molecule has 2 fully saturated rings. The number of nitrogens with zero attached hydrogens (tertiary/aromatic N) is 4. The highest BCUT2D eigenvalue weighted by Crippen LogP contribution is 2.23. The summed E-state index contributed by atoms with van der Waals surface area (Å²) in [4.78, 5) is 17.3. The number of nitriles is 1.